The summed E-state index contributed by atoms with van der Waals surface area (Å²) in [5.41, 5.74) is 6.19. The Balaban J connectivity index is 1.68. The molecule has 0 fully saturated rings. The molecule has 32 heavy (non-hydrogen) atoms. The molecule has 4 aromatic rings. The quantitative estimate of drug-likeness (QED) is 0.429. The fraction of sp³-hybridized carbons (Fsp3) is 0.346. The Morgan fingerprint density at radius 2 is 1.88 bits per heavy atom. The third kappa shape index (κ3) is 4.59. The second kappa shape index (κ2) is 7.93. The molecule has 0 bridgehead atoms. The number of fused-ring (bicyclic) bond motifs is 1. The highest BCUT2D eigenvalue weighted by molar-refractivity contribution is 5.82. The lowest BCUT2D eigenvalue weighted by Crippen LogP contribution is -2.43. The molecule has 4 rings (SSSR count). The summed E-state index contributed by atoms with van der Waals surface area (Å²) in [5, 5.41) is 10.4. The van der Waals surface area contributed by atoms with Gasteiger partial charge in [-0.05, 0) is 55.0 Å². The molecule has 0 aliphatic carbocycles. The van der Waals surface area contributed by atoms with Gasteiger partial charge in [0, 0.05) is 24.2 Å². The molecule has 6 heteroatoms. The molecule has 2 N–H and O–H groups in total. The maximum absolute atomic E-state index is 11.5. The number of nitrogens with zero attached hydrogens (tertiary/aromatic N) is 2. The van der Waals surface area contributed by atoms with Gasteiger partial charge in [-0.3, -0.25) is 9.89 Å². The summed E-state index contributed by atoms with van der Waals surface area (Å²) in [6.45, 7) is 12.1. The van der Waals surface area contributed by atoms with E-state index in [2.05, 4.69) is 60.6 Å². The number of hydrogen-bond donors (Lipinski definition) is 2. The van der Waals surface area contributed by atoms with Gasteiger partial charge in [-0.1, -0.05) is 45.0 Å². The van der Waals surface area contributed by atoms with Crippen LogP contribution >= 0.6 is 0 Å². The van der Waals surface area contributed by atoms with Crippen LogP contribution in [-0.2, 0) is 16.6 Å². The summed E-state index contributed by atoms with van der Waals surface area (Å²) in [7, 11) is 0. The first-order valence-corrected chi connectivity index (χ1v) is 10.9. The Morgan fingerprint density at radius 3 is 2.59 bits per heavy atom. The van der Waals surface area contributed by atoms with Gasteiger partial charge < -0.3 is 9.73 Å². The van der Waals surface area contributed by atoms with Gasteiger partial charge in [-0.15, -0.1) is 0 Å². The van der Waals surface area contributed by atoms with Crippen molar-refractivity contribution in [2.45, 2.75) is 58.9 Å². The second-order valence-electron chi connectivity index (χ2n) is 10.0. The predicted octanol–water partition coefficient (Wildman–Crippen LogP) is 5.64. The minimum atomic E-state index is -0.343. The molecule has 1 amide bonds. The Labute approximate surface area is 188 Å². The molecule has 0 unspecified atom stereocenters. The first-order valence-electron chi connectivity index (χ1n) is 10.9. The highest BCUT2D eigenvalue weighted by Crippen LogP contribution is 2.34. The molecule has 0 atom stereocenters. The molecule has 0 saturated heterocycles. The topological polar surface area (TPSA) is 83.8 Å². The standard InChI is InChI=1S/C26H30N4O2/c1-16(31)29-26(5,6)14-17-8-7-9-18(12-17)23-20(15-27-30-23)24-28-21-13-19(25(2,3)4)10-11-22(21)32-24/h7-13,15H,14H2,1-6H3,(H,27,30)(H,29,31). The largest absolute Gasteiger partial charge is 0.436 e. The van der Waals surface area contributed by atoms with Gasteiger partial charge in [-0.25, -0.2) is 4.98 Å². The summed E-state index contributed by atoms with van der Waals surface area (Å²) in [6, 6.07) is 14.4. The van der Waals surface area contributed by atoms with Crippen molar-refractivity contribution in [3.05, 3.63) is 59.8 Å². The number of oxazole rings is 1. The number of aromatic nitrogens is 3. The number of aromatic amines is 1. The maximum atomic E-state index is 11.5. The monoisotopic (exact) mass is 430 g/mol. The number of rotatable bonds is 5. The lowest BCUT2D eigenvalue weighted by Gasteiger charge is -2.25. The van der Waals surface area contributed by atoms with Gasteiger partial charge in [-0.2, -0.15) is 5.10 Å². The van der Waals surface area contributed by atoms with Crippen molar-refractivity contribution in [3.63, 3.8) is 0 Å². The van der Waals surface area contributed by atoms with E-state index in [0.717, 1.165) is 33.5 Å². The number of amides is 1. The van der Waals surface area contributed by atoms with Gasteiger partial charge in [0.25, 0.3) is 0 Å². The van der Waals surface area contributed by atoms with Crippen LogP contribution in [0.4, 0.5) is 0 Å². The summed E-state index contributed by atoms with van der Waals surface area (Å²) >= 11 is 0. The summed E-state index contributed by atoms with van der Waals surface area (Å²) in [4.78, 5) is 16.3. The van der Waals surface area contributed by atoms with E-state index in [4.69, 9.17) is 9.40 Å². The second-order valence-corrected chi connectivity index (χ2v) is 10.0. The van der Waals surface area contributed by atoms with Crippen LogP contribution in [0.3, 0.4) is 0 Å². The molecule has 0 spiro atoms. The van der Waals surface area contributed by atoms with E-state index in [0.29, 0.717) is 12.3 Å². The van der Waals surface area contributed by atoms with Crippen molar-refractivity contribution in [2.75, 3.05) is 0 Å². The Bertz CT molecular complexity index is 1270. The van der Waals surface area contributed by atoms with Gasteiger partial charge in [0.05, 0.1) is 5.56 Å². The fourth-order valence-corrected chi connectivity index (χ4v) is 4.04. The molecule has 2 aromatic carbocycles. The summed E-state index contributed by atoms with van der Waals surface area (Å²) in [5.74, 6) is 0.505. The van der Waals surface area contributed by atoms with Gasteiger partial charge in [0.1, 0.15) is 11.2 Å². The Morgan fingerprint density at radius 1 is 1.09 bits per heavy atom. The molecular formula is C26H30N4O2. The first kappa shape index (κ1) is 21.8. The SMILES string of the molecule is CC(=O)NC(C)(C)Cc1cccc(-c2n[nH]cc2-c2nc3cc(C(C)(C)C)ccc3o2)c1. The zero-order chi connectivity index (χ0) is 23.1. The Kier molecular flexibility index (Phi) is 5.41. The van der Waals surface area contributed by atoms with E-state index in [1.807, 2.05) is 38.2 Å². The lowest BCUT2D eigenvalue weighted by molar-refractivity contribution is -0.120. The minimum absolute atomic E-state index is 0.0358. The smallest absolute Gasteiger partial charge is 0.231 e. The van der Waals surface area contributed by atoms with Crippen LogP contribution in [0.2, 0.25) is 0 Å². The molecule has 0 radical (unpaired) electrons. The van der Waals surface area contributed by atoms with E-state index in [1.54, 1.807) is 6.92 Å². The van der Waals surface area contributed by atoms with Crippen LogP contribution in [0.25, 0.3) is 33.8 Å². The third-order valence-corrected chi connectivity index (χ3v) is 5.49. The minimum Gasteiger partial charge on any atom is -0.436 e. The van der Waals surface area contributed by atoms with Crippen LogP contribution in [0, 0.1) is 0 Å². The number of nitrogens with one attached hydrogen (secondary N) is 2. The van der Waals surface area contributed by atoms with Gasteiger partial charge in [0.15, 0.2) is 5.58 Å². The average Bonchev–Trinajstić information content (AvgIpc) is 3.32. The van der Waals surface area contributed by atoms with E-state index in [9.17, 15) is 4.79 Å². The highest BCUT2D eigenvalue weighted by Gasteiger charge is 2.21. The molecular weight excluding hydrogens is 400 g/mol. The Hall–Kier alpha value is -3.41. The van der Waals surface area contributed by atoms with E-state index >= 15 is 0 Å². The van der Waals surface area contributed by atoms with E-state index in [-0.39, 0.29) is 16.9 Å². The number of carbonyl (C=O) groups excluding carboxylic acids is 1. The molecule has 0 saturated carbocycles. The van der Waals surface area contributed by atoms with Crippen LogP contribution < -0.4 is 5.32 Å². The van der Waals surface area contributed by atoms with Crippen molar-refractivity contribution in [1.82, 2.24) is 20.5 Å². The van der Waals surface area contributed by atoms with Gasteiger partial charge >= 0.3 is 0 Å². The van der Waals surface area contributed by atoms with Crippen molar-refractivity contribution in [3.8, 4) is 22.7 Å². The van der Waals surface area contributed by atoms with Crippen molar-refractivity contribution >= 4 is 17.0 Å². The zero-order valence-corrected chi connectivity index (χ0v) is 19.5. The normalized spacial score (nSPS) is 12.3. The third-order valence-electron chi connectivity index (χ3n) is 5.49. The molecule has 166 valence electrons. The predicted molar refractivity (Wildman–Crippen MR) is 127 cm³/mol. The highest BCUT2D eigenvalue weighted by atomic mass is 16.3. The van der Waals surface area contributed by atoms with Gasteiger partial charge in [0.2, 0.25) is 11.8 Å². The van der Waals surface area contributed by atoms with Crippen LogP contribution in [-0.4, -0.2) is 26.6 Å². The molecule has 0 aliphatic rings. The summed E-state index contributed by atoms with van der Waals surface area (Å²) < 4.78 is 6.08. The van der Waals surface area contributed by atoms with E-state index in [1.165, 1.54) is 5.56 Å². The average molecular weight is 431 g/mol. The van der Waals surface area contributed by atoms with Crippen LogP contribution in [0.15, 0.2) is 53.1 Å². The van der Waals surface area contributed by atoms with Crippen LogP contribution in [0.1, 0.15) is 52.7 Å². The number of hydrogen-bond acceptors (Lipinski definition) is 4. The summed E-state index contributed by atoms with van der Waals surface area (Å²) in [6.07, 6.45) is 2.53. The number of carbonyl (C=O) groups is 1. The van der Waals surface area contributed by atoms with E-state index < -0.39 is 0 Å². The molecule has 2 heterocycles. The molecule has 2 aromatic heterocycles. The van der Waals surface area contributed by atoms with Crippen molar-refractivity contribution in [2.24, 2.45) is 0 Å². The van der Waals surface area contributed by atoms with Crippen molar-refractivity contribution in [1.29, 1.82) is 0 Å². The van der Waals surface area contributed by atoms with Crippen molar-refractivity contribution < 1.29 is 9.21 Å². The number of H-pyrrole nitrogens is 1. The fourth-order valence-electron chi connectivity index (χ4n) is 4.04. The maximum Gasteiger partial charge on any atom is 0.231 e. The zero-order valence-electron chi connectivity index (χ0n) is 19.5. The number of benzene rings is 2. The first-order chi connectivity index (χ1) is 15.0. The lowest BCUT2D eigenvalue weighted by atomic mass is 9.87. The van der Waals surface area contributed by atoms with Crippen LogP contribution in [0.5, 0.6) is 0 Å². The molecule has 0 aliphatic heterocycles. The molecule has 6 nitrogen and oxygen atoms in total.